The van der Waals surface area contributed by atoms with Crippen LogP contribution in [-0.4, -0.2) is 7.11 Å². The minimum atomic E-state index is 0.664. The minimum absolute atomic E-state index is 0.664. The smallest absolute Gasteiger partial charge is 0.120 e. The normalized spacial score (nSPS) is 9.64. The average molecular weight is 365 g/mol. The molecular weight excluding hydrogens is 355 g/mol. The van der Waals surface area contributed by atoms with E-state index >= 15 is 0 Å². The lowest BCUT2D eigenvalue weighted by molar-refractivity contribution is 0.371. The van der Waals surface area contributed by atoms with Gasteiger partial charge in [-0.2, -0.15) is 0 Å². The second-order valence-electron chi connectivity index (χ2n) is 2.68. The highest BCUT2D eigenvalue weighted by molar-refractivity contribution is 14.1. The Bertz CT molecular complexity index is 385. The van der Waals surface area contributed by atoms with E-state index in [0.29, 0.717) is 5.76 Å². The second-order valence-corrected chi connectivity index (χ2v) is 4.76. The Balaban J connectivity index is 3.39. The zero-order chi connectivity index (χ0) is 10.7. The van der Waals surface area contributed by atoms with Crippen LogP contribution in [0, 0.1) is 3.57 Å². The Labute approximate surface area is 106 Å². The molecule has 1 rings (SSSR count). The van der Waals surface area contributed by atoms with Crippen LogP contribution >= 0.6 is 38.5 Å². The molecule has 0 atom stereocenters. The molecule has 0 bridgehead atoms. The Kier molecular flexibility index (Phi) is 4.19. The highest BCUT2D eigenvalue weighted by Crippen LogP contribution is 2.28. The Morgan fingerprint density at radius 3 is 2.71 bits per heavy atom. The summed E-state index contributed by atoms with van der Waals surface area (Å²) in [6.45, 7) is 7.62. The van der Waals surface area contributed by atoms with Crippen molar-refractivity contribution in [2.24, 2.45) is 0 Å². The zero-order valence-electron chi connectivity index (χ0n) is 7.81. The number of halogens is 2. The lowest BCUT2D eigenvalue weighted by Crippen LogP contribution is -1.94. The number of rotatable bonds is 3. The summed E-state index contributed by atoms with van der Waals surface area (Å²) in [4.78, 5) is 0. The number of hydrogen-bond donors (Lipinski definition) is 0. The molecule has 0 saturated carbocycles. The molecule has 0 unspecified atom stereocenters. The van der Waals surface area contributed by atoms with Gasteiger partial charge in [-0.25, -0.2) is 0 Å². The van der Waals surface area contributed by atoms with Crippen molar-refractivity contribution in [3.8, 4) is 0 Å². The van der Waals surface area contributed by atoms with E-state index in [1.807, 2.05) is 12.1 Å². The van der Waals surface area contributed by atoms with Gasteiger partial charge in [-0.1, -0.05) is 35.2 Å². The molecule has 1 aromatic rings. The van der Waals surface area contributed by atoms with Crippen molar-refractivity contribution in [3.05, 3.63) is 44.5 Å². The van der Waals surface area contributed by atoms with Crippen LogP contribution in [0.1, 0.15) is 11.1 Å². The van der Waals surface area contributed by atoms with Crippen molar-refractivity contribution in [3.63, 3.8) is 0 Å². The first-order valence-corrected chi connectivity index (χ1v) is 5.82. The molecule has 0 aromatic heterocycles. The topological polar surface area (TPSA) is 9.23 Å². The predicted octanol–water partition coefficient (Wildman–Crippen LogP) is 4.31. The van der Waals surface area contributed by atoms with Gasteiger partial charge in [0.25, 0.3) is 0 Å². The van der Waals surface area contributed by atoms with Crippen LogP contribution < -0.4 is 0 Å². The average Bonchev–Trinajstić information content (AvgIpc) is 2.15. The molecule has 0 aliphatic rings. The van der Waals surface area contributed by atoms with Crippen LogP contribution in [0.25, 0.3) is 11.8 Å². The van der Waals surface area contributed by atoms with E-state index in [-0.39, 0.29) is 0 Å². The number of benzene rings is 1. The first-order chi connectivity index (χ1) is 6.60. The van der Waals surface area contributed by atoms with Gasteiger partial charge in [0, 0.05) is 13.6 Å². The van der Waals surface area contributed by atoms with Gasteiger partial charge in [-0.3, -0.25) is 0 Å². The Morgan fingerprint density at radius 2 is 2.21 bits per heavy atom. The summed E-state index contributed by atoms with van der Waals surface area (Å²) in [5, 5.41) is 0. The quantitative estimate of drug-likeness (QED) is 0.573. The summed E-state index contributed by atoms with van der Waals surface area (Å²) in [6.07, 6.45) is 1.80. The molecule has 0 N–H and O–H groups in total. The third-order valence-electron chi connectivity index (χ3n) is 1.83. The second kappa shape index (κ2) is 4.98. The standard InChI is InChI=1S/C11H10BrIO/c1-4-8-5-9(12)6-10(13)11(8)7(2)14-3/h4-6H,1-2H2,3H3. The molecule has 14 heavy (non-hydrogen) atoms. The number of ether oxygens (including phenoxy) is 1. The lowest BCUT2D eigenvalue weighted by Gasteiger charge is -2.11. The molecule has 0 aliphatic carbocycles. The van der Waals surface area contributed by atoms with E-state index in [9.17, 15) is 0 Å². The molecule has 1 aromatic carbocycles. The maximum Gasteiger partial charge on any atom is 0.120 e. The monoisotopic (exact) mass is 364 g/mol. The van der Waals surface area contributed by atoms with Crippen molar-refractivity contribution < 1.29 is 4.74 Å². The van der Waals surface area contributed by atoms with Gasteiger partial charge in [0.05, 0.1) is 7.11 Å². The third kappa shape index (κ3) is 2.39. The molecule has 0 radical (unpaired) electrons. The molecule has 0 amide bonds. The largest absolute Gasteiger partial charge is 0.497 e. The Morgan fingerprint density at radius 1 is 1.57 bits per heavy atom. The van der Waals surface area contributed by atoms with E-state index in [1.165, 1.54) is 0 Å². The Hall–Kier alpha value is -0.290. The van der Waals surface area contributed by atoms with Crippen LogP contribution in [0.2, 0.25) is 0 Å². The first-order valence-electron chi connectivity index (χ1n) is 3.95. The van der Waals surface area contributed by atoms with Crippen molar-refractivity contribution >= 4 is 50.4 Å². The van der Waals surface area contributed by atoms with Crippen LogP contribution in [0.5, 0.6) is 0 Å². The molecule has 3 heteroatoms. The molecular formula is C11H10BrIO. The van der Waals surface area contributed by atoms with Crippen LogP contribution in [0.15, 0.2) is 29.8 Å². The fraction of sp³-hybridized carbons (Fsp3) is 0.0909. The fourth-order valence-electron chi connectivity index (χ4n) is 1.15. The van der Waals surface area contributed by atoms with Gasteiger partial charge >= 0.3 is 0 Å². The highest BCUT2D eigenvalue weighted by Gasteiger charge is 2.09. The highest BCUT2D eigenvalue weighted by atomic mass is 127. The first kappa shape index (κ1) is 11.8. The zero-order valence-corrected chi connectivity index (χ0v) is 11.6. The van der Waals surface area contributed by atoms with Crippen molar-refractivity contribution in [2.45, 2.75) is 0 Å². The minimum Gasteiger partial charge on any atom is -0.497 e. The molecule has 0 aliphatic heterocycles. The van der Waals surface area contributed by atoms with Gasteiger partial charge in [0.1, 0.15) is 5.76 Å². The molecule has 74 valence electrons. The lowest BCUT2D eigenvalue weighted by atomic mass is 10.1. The van der Waals surface area contributed by atoms with Gasteiger partial charge in [-0.05, 0) is 40.3 Å². The van der Waals surface area contributed by atoms with Crippen molar-refractivity contribution in [1.82, 2.24) is 0 Å². The fourth-order valence-corrected chi connectivity index (χ4v) is 3.00. The molecule has 0 heterocycles. The maximum atomic E-state index is 5.14. The molecule has 0 spiro atoms. The number of hydrogen-bond acceptors (Lipinski definition) is 1. The molecule has 0 saturated heterocycles. The van der Waals surface area contributed by atoms with E-state index < -0.39 is 0 Å². The van der Waals surface area contributed by atoms with Crippen LogP contribution in [0.4, 0.5) is 0 Å². The van der Waals surface area contributed by atoms with Crippen LogP contribution in [0.3, 0.4) is 0 Å². The molecule has 0 fully saturated rings. The van der Waals surface area contributed by atoms with E-state index in [0.717, 1.165) is 19.2 Å². The summed E-state index contributed by atoms with van der Waals surface area (Å²) in [5.74, 6) is 0.664. The van der Waals surface area contributed by atoms with Gasteiger partial charge in [0.2, 0.25) is 0 Å². The summed E-state index contributed by atoms with van der Waals surface area (Å²) in [5.41, 5.74) is 2.03. The van der Waals surface area contributed by atoms with Crippen LogP contribution in [-0.2, 0) is 4.74 Å². The summed E-state index contributed by atoms with van der Waals surface area (Å²) < 4.78 is 7.27. The summed E-state index contributed by atoms with van der Waals surface area (Å²) in [6, 6.07) is 4.02. The van der Waals surface area contributed by atoms with Gasteiger partial charge in [-0.15, -0.1) is 0 Å². The molecule has 1 nitrogen and oxygen atoms in total. The third-order valence-corrected chi connectivity index (χ3v) is 3.14. The maximum absolute atomic E-state index is 5.14. The van der Waals surface area contributed by atoms with E-state index in [1.54, 1.807) is 13.2 Å². The van der Waals surface area contributed by atoms with Gasteiger partial charge in [0.15, 0.2) is 0 Å². The number of methoxy groups -OCH3 is 1. The van der Waals surface area contributed by atoms with E-state index in [4.69, 9.17) is 4.74 Å². The predicted molar refractivity (Wildman–Crippen MR) is 73.0 cm³/mol. The van der Waals surface area contributed by atoms with Gasteiger partial charge < -0.3 is 4.74 Å². The summed E-state index contributed by atoms with van der Waals surface area (Å²) in [7, 11) is 1.62. The summed E-state index contributed by atoms with van der Waals surface area (Å²) >= 11 is 5.69. The van der Waals surface area contributed by atoms with Crippen molar-refractivity contribution in [2.75, 3.05) is 7.11 Å². The van der Waals surface area contributed by atoms with E-state index in [2.05, 4.69) is 51.7 Å². The van der Waals surface area contributed by atoms with Crippen molar-refractivity contribution in [1.29, 1.82) is 0 Å². The SMILES string of the molecule is C=Cc1cc(Br)cc(I)c1C(=C)OC.